The first kappa shape index (κ1) is 15.4. The van der Waals surface area contributed by atoms with Crippen molar-refractivity contribution < 1.29 is 27.5 Å². The number of thiazole rings is 1. The summed E-state index contributed by atoms with van der Waals surface area (Å²) in [5, 5.41) is 8.93. The number of aromatic nitrogens is 1. The van der Waals surface area contributed by atoms with E-state index < -0.39 is 23.5 Å². The van der Waals surface area contributed by atoms with E-state index in [9.17, 15) is 22.4 Å². The number of aryl methyl sites for hydroxylation is 1. The van der Waals surface area contributed by atoms with Crippen LogP contribution in [0.1, 0.15) is 27.9 Å². The lowest BCUT2D eigenvalue weighted by Crippen LogP contribution is -2.05. The summed E-state index contributed by atoms with van der Waals surface area (Å²) in [6.07, 6.45) is -4.32. The van der Waals surface area contributed by atoms with Crippen LogP contribution in [0.2, 0.25) is 0 Å². The van der Waals surface area contributed by atoms with Gasteiger partial charge in [-0.25, -0.2) is 14.2 Å². The Morgan fingerprint density at radius 3 is 2.52 bits per heavy atom. The van der Waals surface area contributed by atoms with Gasteiger partial charge in [-0.05, 0) is 24.6 Å². The van der Waals surface area contributed by atoms with Crippen LogP contribution in [0.25, 0.3) is 10.6 Å². The van der Waals surface area contributed by atoms with Crippen molar-refractivity contribution in [2.24, 2.45) is 0 Å². The van der Waals surface area contributed by atoms with Crippen LogP contribution in [0.5, 0.6) is 0 Å². The first-order chi connectivity index (χ1) is 9.74. The molecule has 0 atom stereocenters. The lowest BCUT2D eigenvalue weighted by molar-refractivity contribution is -0.137. The van der Waals surface area contributed by atoms with Crippen LogP contribution in [-0.4, -0.2) is 16.1 Å². The van der Waals surface area contributed by atoms with Crippen LogP contribution in [0.3, 0.4) is 0 Å². The van der Waals surface area contributed by atoms with Crippen LogP contribution >= 0.6 is 11.3 Å². The van der Waals surface area contributed by atoms with E-state index >= 15 is 0 Å². The minimum absolute atomic E-state index is 0.0761. The second kappa shape index (κ2) is 5.44. The molecule has 1 aromatic heterocycles. The summed E-state index contributed by atoms with van der Waals surface area (Å²) in [6, 6.07) is 1.97. The summed E-state index contributed by atoms with van der Waals surface area (Å²) in [7, 11) is 0. The number of carboxylic acids is 1. The van der Waals surface area contributed by atoms with Gasteiger partial charge in [0.15, 0.2) is 0 Å². The summed E-state index contributed by atoms with van der Waals surface area (Å²) < 4.78 is 51.7. The molecule has 0 unspecified atom stereocenters. The lowest BCUT2D eigenvalue weighted by atomic mass is 10.1. The Morgan fingerprint density at radius 1 is 1.38 bits per heavy atom. The maximum atomic E-state index is 13.7. The normalized spacial score (nSPS) is 11.7. The molecule has 0 aliphatic heterocycles. The van der Waals surface area contributed by atoms with Gasteiger partial charge in [-0.15, -0.1) is 11.3 Å². The highest BCUT2D eigenvalue weighted by Gasteiger charge is 2.31. The molecule has 0 fully saturated rings. The van der Waals surface area contributed by atoms with Crippen molar-refractivity contribution in [1.29, 1.82) is 0 Å². The van der Waals surface area contributed by atoms with E-state index in [0.29, 0.717) is 36.0 Å². The van der Waals surface area contributed by atoms with Gasteiger partial charge in [-0.3, -0.25) is 0 Å². The SMILES string of the molecule is CCc1nc(-c2cc(C(F)(F)F)ccc2F)sc1C(=O)O. The molecule has 8 heteroatoms. The first-order valence-electron chi connectivity index (χ1n) is 5.84. The minimum atomic E-state index is -4.61. The maximum Gasteiger partial charge on any atom is 0.416 e. The number of alkyl halides is 3. The number of halogens is 4. The van der Waals surface area contributed by atoms with E-state index in [1.165, 1.54) is 0 Å². The zero-order valence-corrected chi connectivity index (χ0v) is 11.5. The van der Waals surface area contributed by atoms with E-state index in [2.05, 4.69) is 4.98 Å². The molecule has 0 aliphatic carbocycles. The molecule has 2 aromatic rings. The third-order valence-corrected chi connectivity index (χ3v) is 3.87. The Labute approximate surface area is 120 Å². The summed E-state index contributed by atoms with van der Waals surface area (Å²) >= 11 is 0.661. The van der Waals surface area contributed by atoms with Gasteiger partial charge in [0, 0.05) is 5.56 Å². The van der Waals surface area contributed by atoms with Gasteiger partial charge in [-0.2, -0.15) is 13.2 Å². The molecule has 0 saturated carbocycles. The fraction of sp³-hybridized carbons (Fsp3) is 0.231. The molecular formula is C13H9F4NO2S. The summed E-state index contributed by atoms with van der Waals surface area (Å²) in [5.41, 5.74) is -1.14. The molecule has 1 aromatic carbocycles. The van der Waals surface area contributed by atoms with Crippen LogP contribution in [-0.2, 0) is 12.6 Å². The van der Waals surface area contributed by atoms with E-state index in [1.807, 2.05) is 0 Å². The van der Waals surface area contributed by atoms with E-state index in [0.717, 1.165) is 0 Å². The number of hydrogen-bond acceptors (Lipinski definition) is 3. The number of benzene rings is 1. The van der Waals surface area contributed by atoms with Gasteiger partial charge >= 0.3 is 12.1 Å². The van der Waals surface area contributed by atoms with Gasteiger partial charge in [-0.1, -0.05) is 6.92 Å². The summed E-state index contributed by atoms with van der Waals surface area (Å²) in [6.45, 7) is 1.66. The van der Waals surface area contributed by atoms with Gasteiger partial charge in [0.25, 0.3) is 0 Å². The highest BCUT2D eigenvalue weighted by atomic mass is 32.1. The molecule has 3 nitrogen and oxygen atoms in total. The highest BCUT2D eigenvalue weighted by Crippen LogP contribution is 2.35. The van der Waals surface area contributed by atoms with Crippen molar-refractivity contribution in [1.82, 2.24) is 4.98 Å². The second-order valence-corrected chi connectivity index (χ2v) is 5.14. The zero-order valence-electron chi connectivity index (χ0n) is 10.7. The molecule has 1 N–H and O–H groups in total. The van der Waals surface area contributed by atoms with E-state index in [1.54, 1.807) is 6.92 Å². The average Bonchev–Trinajstić information content (AvgIpc) is 2.82. The fourth-order valence-electron chi connectivity index (χ4n) is 1.74. The van der Waals surface area contributed by atoms with E-state index in [4.69, 9.17) is 5.11 Å². The van der Waals surface area contributed by atoms with Gasteiger partial charge in [0.1, 0.15) is 15.7 Å². The van der Waals surface area contributed by atoms with Gasteiger partial charge < -0.3 is 5.11 Å². The standard InChI is InChI=1S/C13H9F4NO2S/c1-2-9-10(12(19)20)21-11(18-9)7-5-6(13(15,16)17)3-4-8(7)14/h3-5H,2H2,1H3,(H,19,20). The van der Waals surface area contributed by atoms with Crippen molar-refractivity contribution >= 4 is 17.3 Å². The number of nitrogens with zero attached hydrogens (tertiary/aromatic N) is 1. The van der Waals surface area contributed by atoms with Crippen molar-refractivity contribution in [3.63, 3.8) is 0 Å². The number of aromatic carboxylic acids is 1. The molecule has 0 saturated heterocycles. The molecule has 1 heterocycles. The third kappa shape index (κ3) is 3.05. The largest absolute Gasteiger partial charge is 0.477 e. The number of carboxylic acid groups (broad SMARTS) is 1. The second-order valence-electron chi connectivity index (χ2n) is 4.15. The van der Waals surface area contributed by atoms with Crippen LogP contribution in [0.15, 0.2) is 18.2 Å². The number of rotatable bonds is 3. The predicted molar refractivity (Wildman–Crippen MR) is 68.8 cm³/mol. The van der Waals surface area contributed by atoms with Crippen molar-refractivity contribution in [2.75, 3.05) is 0 Å². The number of hydrogen-bond donors (Lipinski definition) is 1. The Hall–Kier alpha value is -1.96. The molecule has 21 heavy (non-hydrogen) atoms. The number of carbonyl (C=O) groups is 1. The molecule has 0 radical (unpaired) electrons. The molecule has 0 amide bonds. The molecule has 0 aliphatic rings. The quantitative estimate of drug-likeness (QED) is 0.861. The third-order valence-electron chi connectivity index (χ3n) is 2.75. The van der Waals surface area contributed by atoms with Crippen LogP contribution in [0, 0.1) is 5.82 Å². The lowest BCUT2D eigenvalue weighted by Gasteiger charge is -2.08. The highest BCUT2D eigenvalue weighted by molar-refractivity contribution is 7.17. The Morgan fingerprint density at radius 2 is 2.05 bits per heavy atom. The van der Waals surface area contributed by atoms with E-state index in [-0.39, 0.29) is 21.1 Å². The minimum Gasteiger partial charge on any atom is -0.477 e. The smallest absolute Gasteiger partial charge is 0.416 e. The van der Waals surface area contributed by atoms with Crippen LogP contribution < -0.4 is 0 Å². The predicted octanol–water partition coefficient (Wildman–Crippen LogP) is 4.23. The molecule has 2 rings (SSSR count). The Bertz CT molecular complexity index is 694. The van der Waals surface area contributed by atoms with Crippen molar-refractivity contribution in [2.45, 2.75) is 19.5 Å². The monoisotopic (exact) mass is 319 g/mol. The zero-order chi connectivity index (χ0) is 15.8. The average molecular weight is 319 g/mol. The Kier molecular flexibility index (Phi) is 3.99. The van der Waals surface area contributed by atoms with Crippen molar-refractivity contribution in [3.8, 4) is 10.6 Å². The topological polar surface area (TPSA) is 50.2 Å². The molecule has 112 valence electrons. The first-order valence-corrected chi connectivity index (χ1v) is 6.65. The molecule has 0 spiro atoms. The molecular weight excluding hydrogens is 310 g/mol. The summed E-state index contributed by atoms with van der Waals surface area (Å²) in [4.78, 5) is 14.9. The van der Waals surface area contributed by atoms with Crippen molar-refractivity contribution in [3.05, 3.63) is 40.2 Å². The van der Waals surface area contributed by atoms with Crippen LogP contribution in [0.4, 0.5) is 17.6 Å². The fourth-order valence-corrected chi connectivity index (χ4v) is 2.75. The maximum absolute atomic E-state index is 13.7. The Balaban J connectivity index is 2.59. The summed E-state index contributed by atoms with van der Waals surface area (Å²) in [5.74, 6) is -2.11. The molecule has 0 bridgehead atoms. The van der Waals surface area contributed by atoms with Gasteiger partial charge in [0.05, 0.1) is 11.3 Å². The van der Waals surface area contributed by atoms with Gasteiger partial charge in [0.2, 0.25) is 0 Å².